The fourth-order valence-corrected chi connectivity index (χ4v) is 1.87. The monoisotopic (exact) mass is 253 g/mol. The molecule has 0 fully saturated rings. The number of carbonyl (C=O) groups excluding carboxylic acids is 1. The summed E-state index contributed by atoms with van der Waals surface area (Å²) < 4.78 is 0. The van der Waals surface area contributed by atoms with Gasteiger partial charge in [0.25, 0.3) is 0 Å². The van der Waals surface area contributed by atoms with Gasteiger partial charge in [0.2, 0.25) is 5.91 Å². The van der Waals surface area contributed by atoms with E-state index in [1.165, 1.54) is 0 Å². The quantitative estimate of drug-likeness (QED) is 0.773. The molecule has 1 aromatic heterocycles. The van der Waals surface area contributed by atoms with Crippen molar-refractivity contribution in [2.24, 2.45) is 0 Å². The van der Waals surface area contributed by atoms with E-state index in [-0.39, 0.29) is 11.9 Å². The highest BCUT2D eigenvalue weighted by molar-refractivity contribution is 7.98. The summed E-state index contributed by atoms with van der Waals surface area (Å²) in [7, 11) is 1.85. The molecule has 4 nitrogen and oxygen atoms in total. The lowest BCUT2D eigenvalue weighted by Crippen LogP contribution is -2.36. The molecule has 0 N–H and O–H groups in total. The van der Waals surface area contributed by atoms with Crippen molar-refractivity contribution in [2.45, 2.75) is 25.8 Å². The molecule has 0 saturated heterocycles. The van der Waals surface area contributed by atoms with E-state index in [9.17, 15) is 4.79 Å². The predicted octanol–water partition coefficient (Wildman–Crippen LogP) is 1.62. The molecule has 5 heteroatoms. The summed E-state index contributed by atoms with van der Waals surface area (Å²) in [5.74, 6) is 1.07. The zero-order valence-electron chi connectivity index (χ0n) is 10.6. The standard InChI is InChI=1S/C12H19N3OS/c1-10(8-11-9-13-5-6-14-11)15(2)12(16)4-7-17-3/h5-6,9-10H,4,7-8H2,1-3H3. The van der Waals surface area contributed by atoms with Gasteiger partial charge in [-0.15, -0.1) is 0 Å². The molecule has 0 spiro atoms. The molecule has 1 heterocycles. The van der Waals surface area contributed by atoms with Crippen LogP contribution in [0.1, 0.15) is 19.0 Å². The van der Waals surface area contributed by atoms with Gasteiger partial charge < -0.3 is 4.90 Å². The second kappa shape index (κ2) is 7.27. The lowest BCUT2D eigenvalue weighted by atomic mass is 10.1. The Morgan fingerprint density at radius 2 is 2.29 bits per heavy atom. The van der Waals surface area contributed by atoms with Crippen molar-refractivity contribution in [1.29, 1.82) is 0 Å². The molecule has 0 aliphatic heterocycles. The molecule has 17 heavy (non-hydrogen) atoms. The third-order valence-electron chi connectivity index (χ3n) is 2.70. The highest BCUT2D eigenvalue weighted by atomic mass is 32.2. The minimum absolute atomic E-state index is 0.154. The lowest BCUT2D eigenvalue weighted by molar-refractivity contribution is -0.131. The molecule has 1 amide bonds. The number of thioether (sulfide) groups is 1. The number of carbonyl (C=O) groups is 1. The summed E-state index contributed by atoms with van der Waals surface area (Å²) in [4.78, 5) is 21.8. The first-order valence-corrected chi connectivity index (χ1v) is 7.04. The number of hydrogen-bond acceptors (Lipinski definition) is 4. The molecule has 0 aromatic carbocycles. The molecule has 0 bridgehead atoms. The number of rotatable bonds is 6. The van der Waals surface area contributed by atoms with Crippen molar-refractivity contribution < 1.29 is 4.79 Å². The minimum atomic E-state index is 0.154. The van der Waals surface area contributed by atoms with Crippen molar-refractivity contribution >= 4 is 17.7 Å². The highest BCUT2D eigenvalue weighted by Gasteiger charge is 2.15. The molecule has 1 aromatic rings. The fourth-order valence-electron chi connectivity index (χ4n) is 1.49. The Morgan fingerprint density at radius 1 is 1.53 bits per heavy atom. The van der Waals surface area contributed by atoms with E-state index in [0.717, 1.165) is 17.9 Å². The van der Waals surface area contributed by atoms with Gasteiger partial charge in [-0.3, -0.25) is 14.8 Å². The zero-order chi connectivity index (χ0) is 12.7. The third kappa shape index (κ3) is 4.73. The van der Waals surface area contributed by atoms with Crippen LogP contribution in [0, 0.1) is 0 Å². The van der Waals surface area contributed by atoms with Crippen LogP contribution in [0.2, 0.25) is 0 Å². The van der Waals surface area contributed by atoms with Crippen molar-refractivity contribution in [1.82, 2.24) is 14.9 Å². The van der Waals surface area contributed by atoms with E-state index in [2.05, 4.69) is 9.97 Å². The molecule has 0 saturated carbocycles. The van der Waals surface area contributed by atoms with E-state index >= 15 is 0 Å². The maximum Gasteiger partial charge on any atom is 0.223 e. The minimum Gasteiger partial charge on any atom is -0.343 e. The second-order valence-electron chi connectivity index (χ2n) is 4.00. The number of amides is 1. The van der Waals surface area contributed by atoms with Gasteiger partial charge in [0.05, 0.1) is 5.69 Å². The Bertz CT molecular complexity index is 345. The Morgan fingerprint density at radius 3 is 2.88 bits per heavy atom. The molecular formula is C12H19N3OS. The highest BCUT2D eigenvalue weighted by Crippen LogP contribution is 2.07. The van der Waals surface area contributed by atoms with Gasteiger partial charge in [-0.1, -0.05) is 0 Å². The molecule has 1 unspecified atom stereocenters. The van der Waals surface area contributed by atoms with Crippen molar-refractivity contribution in [3.8, 4) is 0 Å². The summed E-state index contributed by atoms with van der Waals surface area (Å²) in [6.07, 6.45) is 8.43. The lowest BCUT2D eigenvalue weighted by Gasteiger charge is -2.24. The Labute approximate surface area is 107 Å². The van der Waals surface area contributed by atoms with Gasteiger partial charge in [-0.25, -0.2) is 0 Å². The first kappa shape index (κ1) is 14.0. The molecule has 0 aliphatic rings. The summed E-state index contributed by atoms with van der Waals surface area (Å²) in [5.41, 5.74) is 0.921. The average Bonchev–Trinajstić information content (AvgIpc) is 2.36. The number of nitrogens with zero attached hydrogens (tertiary/aromatic N) is 3. The van der Waals surface area contributed by atoms with Gasteiger partial charge in [0.1, 0.15) is 0 Å². The summed E-state index contributed by atoms with van der Waals surface area (Å²) >= 11 is 1.69. The van der Waals surface area contributed by atoms with E-state index in [4.69, 9.17) is 0 Å². The largest absolute Gasteiger partial charge is 0.343 e. The van der Waals surface area contributed by atoms with Gasteiger partial charge in [0, 0.05) is 50.3 Å². The van der Waals surface area contributed by atoms with Gasteiger partial charge in [0.15, 0.2) is 0 Å². The fraction of sp³-hybridized carbons (Fsp3) is 0.583. The zero-order valence-corrected chi connectivity index (χ0v) is 11.4. The second-order valence-corrected chi connectivity index (χ2v) is 4.98. The molecule has 0 aliphatic carbocycles. The van der Waals surface area contributed by atoms with Crippen LogP contribution in [0.4, 0.5) is 0 Å². The van der Waals surface area contributed by atoms with Crippen LogP contribution >= 0.6 is 11.8 Å². The van der Waals surface area contributed by atoms with Gasteiger partial charge in [-0.2, -0.15) is 11.8 Å². The Hall–Kier alpha value is -1.10. The van der Waals surface area contributed by atoms with Crippen LogP contribution in [0.25, 0.3) is 0 Å². The maximum atomic E-state index is 11.8. The van der Waals surface area contributed by atoms with Crippen LogP contribution in [-0.2, 0) is 11.2 Å². The van der Waals surface area contributed by atoms with Crippen LogP contribution in [0.3, 0.4) is 0 Å². The average molecular weight is 253 g/mol. The number of aromatic nitrogens is 2. The molecule has 1 atom stereocenters. The summed E-state index contributed by atoms with van der Waals surface area (Å²) in [5, 5.41) is 0. The van der Waals surface area contributed by atoms with Gasteiger partial charge >= 0.3 is 0 Å². The van der Waals surface area contributed by atoms with Crippen LogP contribution in [0.15, 0.2) is 18.6 Å². The number of hydrogen-bond donors (Lipinski definition) is 0. The molecular weight excluding hydrogens is 234 g/mol. The van der Waals surface area contributed by atoms with Crippen molar-refractivity contribution in [3.63, 3.8) is 0 Å². The van der Waals surface area contributed by atoms with E-state index < -0.39 is 0 Å². The van der Waals surface area contributed by atoms with Crippen molar-refractivity contribution in [3.05, 3.63) is 24.3 Å². The van der Waals surface area contributed by atoms with E-state index in [0.29, 0.717) is 6.42 Å². The molecule has 1 rings (SSSR count). The van der Waals surface area contributed by atoms with Crippen LogP contribution in [0.5, 0.6) is 0 Å². The van der Waals surface area contributed by atoms with Crippen LogP contribution in [-0.4, -0.2) is 45.9 Å². The summed E-state index contributed by atoms with van der Waals surface area (Å²) in [6, 6.07) is 0.154. The van der Waals surface area contributed by atoms with Crippen molar-refractivity contribution in [2.75, 3.05) is 19.1 Å². The predicted molar refractivity (Wildman–Crippen MR) is 71.0 cm³/mol. The Kier molecular flexibility index (Phi) is 5.97. The first-order chi connectivity index (χ1) is 8.15. The topological polar surface area (TPSA) is 46.1 Å². The maximum absolute atomic E-state index is 11.8. The molecule has 94 valence electrons. The van der Waals surface area contributed by atoms with Gasteiger partial charge in [-0.05, 0) is 13.2 Å². The van der Waals surface area contributed by atoms with Crippen LogP contribution < -0.4 is 0 Å². The summed E-state index contributed by atoms with van der Waals surface area (Å²) in [6.45, 7) is 2.03. The van der Waals surface area contributed by atoms with E-state index in [1.54, 1.807) is 35.3 Å². The SMILES string of the molecule is CSCCC(=O)N(C)C(C)Cc1cnccn1. The van der Waals surface area contributed by atoms with E-state index in [1.807, 2.05) is 20.2 Å². The third-order valence-corrected chi connectivity index (χ3v) is 3.31. The number of likely N-dealkylation sites (N-methyl/N-ethyl adjacent to an activating group) is 1. The normalized spacial score (nSPS) is 12.2. The molecule has 0 radical (unpaired) electrons. The Balaban J connectivity index is 2.46. The first-order valence-electron chi connectivity index (χ1n) is 5.64. The smallest absolute Gasteiger partial charge is 0.223 e.